The highest BCUT2D eigenvalue weighted by molar-refractivity contribution is 6.13. The summed E-state index contributed by atoms with van der Waals surface area (Å²) >= 11 is 0. The minimum atomic E-state index is 0.930. The summed E-state index contributed by atoms with van der Waals surface area (Å²) in [7, 11) is 0. The molecule has 0 atom stereocenters. The molecule has 26 heavy (non-hydrogen) atoms. The van der Waals surface area contributed by atoms with Crippen LogP contribution in [-0.4, -0.2) is 10.2 Å². The largest absolute Gasteiger partial charge is 0.149 e. The minimum Gasteiger partial charge on any atom is -0.149 e. The third-order valence-electron chi connectivity index (χ3n) is 4.75. The number of rotatable bonds is 2. The summed E-state index contributed by atoms with van der Waals surface area (Å²) in [6, 6.07) is 33.3. The molecule has 1 aromatic heterocycles. The molecule has 122 valence electrons. The average Bonchev–Trinajstić information content (AvgIpc) is 2.91. The van der Waals surface area contributed by atoms with Gasteiger partial charge in [0.15, 0.2) is 0 Å². The van der Waals surface area contributed by atoms with E-state index in [4.69, 9.17) is 0 Å². The maximum atomic E-state index is 4.65. The molecule has 0 fully saturated rings. The van der Waals surface area contributed by atoms with Crippen LogP contribution in [0.4, 0.5) is 0 Å². The van der Waals surface area contributed by atoms with E-state index >= 15 is 0 Å². The van der Waals surface area contributed by atoms with Crippen molar-refractivity contribution in [3.8, 4) is 33.6 Å². The zero-order valence-corrected chi connectivity index (χ0v) is 14.1. The van der Waals surface area contributed by atoms with Crippen LogP contribution in [0.25, 0.3) is 44.4 Å². The van der Waals surface area contributed by atoms with Crippen molar-refractivity contribution in [2.24, 2.45) is 0 Å². The van der Waals surface area contributed by atoms with Gasteiger partial charge in [0.1, 0.15) is 11.4 Å². The van der Waals surface area contributed by atoms with Gasteiger partial charge in [-0.2, -0.15) is 0 Å². The van der Waals surface area contributed by atoms with Crippen LogP contribution >= 0.6 is 0 Å². The SMILES string of the molecule is c1ccc(-c2nnc(-c3ccccc3)c3c4cccccc-4cc23)cc1. The molecule has 0 N–H and O–H groups in total. The first kappa shape index (κ1) is 14.8. The molecule has 2 aliphatic rings. The number of nitrogens with zero attached hydrogens (tertiary/aromatic N) is 2. The molecule has 2 aromatic carbocycles. The highest BCUT2D eigenvalue weighted by atomic mass is 15.1. The van der Waals surface area contributed by atoms with Gasteiger partial charge in [0.25, 0.3) is 0 Å². The molecule has 0 bridgehead atoms. The molecule has 0 unspecified atom stereocenters. The highest BCUT2D eigenvalue weighted by Gasteiger charge is 2.19. The van der Waals surface area contributed by atoms with Crippen molar-refractivity contribution in [2.45, 2.75) is 0 Å². The fourth-order valence-electron chi connectivity index (χ4n) is 3.54. The van der Waals surface area contributed by atoms with Gasteiger partial charge in [-0.25, -0.2) is 0 Å². The van der Waals surface area contributed by atoms with Crippen LogP contribution in [-0.2, 0) is 0 Å². The smallest absolute Gasteiger partial charge is 0.101 e. The lowest BCUT2D eigenvalue weighted by molar-refractivity contribution is 1.06. The molecule has 0 saturated heterocycles. The second kappa shape index (κ2) is 6.08. The normalized spacial score (nSPS) is 11.1. The summed E-state index contributed by atoms with van der Waals surface area (Å²) in [6.07, 6.45) is 0. The zero-order valence-electron chi connectivity index (χ0n) is 14.1. The van der Waals surface area contributed by atoms with E-state index in [2.05, 4.69) is 70.9 Å². The van der Waals surface area contributed by atoms with Crippen LogP contribution in [0.1, 0.15) is 0 Å². The van der Waals surface area contributed by atoms with Crippen molar-refractivity contribution in [1.82, 2.24) is 10.2 Å². The summed E-state index contributed by atoms with van der Waals surface area (Å²) < 4.78 is 0. The van der Waals surface area contributed by atoms with E-state index in [-0.39, 0.29) is 0 Å². The molecule has 2 heteroatoms. The summed E-state index contributed by atoms with van der Waals surface area (Å²) in [6.45, 7) is 0. The molecule has 3 aromatic rings. The quantitative estimate of drug-likeness (QED) is 0.392. The standard InChI is InChI=1S/C24H16N2/c1-4-10-17(11-5-1)23-21-16-19-14-8-3-9-15-20(19)22(21)24(26-25-23)18-12-6-2-7-13-18/h1-16H. The topological polar surface area (TPSA) is 25.8 Å². The Kier molecular flexibility index (Phi) is 3.46. The highest BCUT2D eigenvalue weighted by Crippen LogP contribution is 2.41. The number of benzene rings is 2. The first-order valence-electron chi connectivity index (χ1n) is 8.71. The second-order valence-electron chi connectivity index (χ2n) is 6.34. The Labute approximate surface area is 152 Å². The van der Waals surface area contributed by atoms with Crippen LogP contribution < -0.4 is 0 Å². The first-order valence-corrected chi connectivity index (χ1v) is 8.71. The fourth-order valence-corrected chi connectivity index (χ4v) is 3.54. The second-order valence-corrected chi connectivity index (χ2v) is 6.34. The van der Waals surface area contributed by atoms with Crippen LogP contribution in [0.5, 0.6) is 0 Å². The maximum absolute atomic E-state index is 4.65. The van der Waals surface area contributed by atoms with E-state index in [0.717, 1.165) is 33.3 Å². The Morgan fingerprint density at radius 3 is 1.62 bits per heavy atom. The average molecular weight is 332 g/mol. The van der Waals surface area contributed by atoms with Crippen molar-refractivity contribution < 1.29 is 0 Å². The summed E-state index contributed by atoms with van der Waals surface area (Å²) in [4.78, 5) is 0. The fraction of sp³-hybridized carbons (Fsp3) is 0. The monoisotopic (exact) mass is 332 g/mol. The predicted molar refractivity (Wildman–Crippen MR) is 107 cm³/mol. The number of fused-ring (bicyclic) bond motifs is 3. The molecule has 0 saturated carbocycles. The van der Waals surface area contributed by atoms with E-state index in [1.807, 2.05) is 36.4 Å². The van der Waals surface area contributed by atoms with E-state index in [1.165, 1.54) is 11.1 Å². The van der Waals surface area contributed by atoms with E-state index in [0.29, 0.717) is 0 Å². The zero-order chi connectivity index (χ0) is 17.3. The molecule has 0 amide bonds. The molecule has 2 aliphatic carbocycles. The van der Waals surface area contributed by atoms with Gasteiger partial charge >= 0.3 is 0 Å². The van der Waals surface area contributed by atoms with E-state index in [9.17, 15) is 0 Å². The summed E-state index contributed by atoms with van der Waals surface area (Å²) in [5, 5.41) is 11.6. The Hall–Kier alpha value is -3.52. The minimum absolute atomic E-state index is 0.930. The summed E-state index contributed by atoms with van der Waals surface area (Å²) in [5.41, 5.74) is 6.44. The Morgan fingerprint density at radius 1 is 0.462 bits per heavy atom. The van der Waals surface area contributed by atoms with Crippen LogP contribution in [0, 0.1) is 0 Å². The third kappa shape index (κ3) is 2.35. The van der Waals surface area contributed by atoms with Crippen LogP contribution in [0.3, 0.4) is 0 Å². The maximum Gasteiger partial charge on any atom is 0.101 e. The van der Waals surface area contributed by atoms with Crippen molar-refractivity contribution in [3.63, 3.8) is 0 Å². The lowest BCUT2D eigenvalue weighted by atomic mass is 10.0. The van der Waals surface area contributed by atoms with E-state index < -0.39 is 0 Å². The number of aromatic nitrogens is 2. The molecule has 5 rings (SSSR count). The molecule has 2 nitrogen and oxygen atoms in total. The molecular weight excluding hydrogens is 316 g/mol. The van der Waals surface area contributed by atoms with E-state index in [1.54, 1.807) is 0 Å². The van der Waals surface area contributed by atoms with Gasteiger partial charge in [0.05, 0.1) is 0 Å². The van der Waals surface area contributed by atoms with Gasteiger partial charge in [-0.15, -0.1) is 10.2 Å². The molecule has 0 spiro atoms. The van der Waals surface area contributed by atoms with Crippen molar-refractivity contribution in [1.29, 1.82) is 0 Å². The van der Waals surface area contributed by atoms with Crippen LogP contribution in [0.2, 0.25) is 0 Å². The first-order chi connectivity index (χ1) is 12.9. The molecular formula is C24H16N2. The Morgan fingerprint density at radius 2 is 0.962 bits per heavy atom. The predicted octanol–water partition coefficient (Wildman–Crippen LogP) is 6.07. The van der Waals surface area contributed by atoms with Gasteiger partial charge in [0.2, 0.25) is 0 Å². The summed E-state index contributed by atoms with van der Waals surface area (Å²) in [5.74, 6) is 0. The number of hydrogen-bond acceptors (Lipinski definition) is 2. The van der Waals surface area contributed by atoms with Gasteiger partial charge in [-0.3, -0.25) is 0 Å². The van der Waals surface area contributed by atoms with Crippen LogP contribution in [0.15, 0.2) is 97.1 Å². The number of hydrogen-bond donors (Lipinski definition) is 0. The van der Waals surface area contributed by atoms with Crippen molar-refractivity contribution >= 4 is 10.8 Å². The van der Waals surface area contributed by atoms with Gasteiger partial charge in [-0.1, -0.05) is 91.0 Å². The van der Waals surface area contributed by atoms with Gasteiger partial charge in [-0.05, 0) is 17.2 Å². The molecule has 0 aliphatic heterocycles. The van der Waals surface area contributed by atoms with Crippen molar-refractivity contribution in [2.75, 3.05) is 0 Å². The van der Waals surface area contributed by atoms with Gasteiger partial charge in [0, 0.05) is 21.9 Å². The Bertz CT molecular complexity index is 1160. The molecule has 1 heterocycles. The Balaban J connectivity index is 1.91. The lowest BCUT2D eigenvalue weighted by Crippen LogP contribution is -1.93. The third-order valence-corrected chi connectivity index (χ3v) is 4.75. The van der Waals surface area contributed by atoms with Crippen molar-refractivity contribution in [3.05, 3.63) is 97.1 Å². The van der Waals surface area contributed by atoms with Gasteiger partial charge < -0.3 is 0 Å². The molecule has 0 radical (unpaired) electrons. The lowest BCUT2D eigenvalue weighted by Gasteiger charge is -2.08.